The predicted molar refractivity (Wildman–Crippen MR) is 173 cm³/mol. The van der Waals surface area contributed by atoms with Gasteiger partial charge < -0.3 is 9.30 Å². The van der Waals surface area contributed by atoms with Gasteiger partial charge in [0.25, 0.3) is 0 Å². The van der Waals surface area contributed by atoms with Crippen LogP contribution in [0.15, 0.2) is 146 Å². The van der Waals surface area contributed by atoms with Gasteiger partial charge in [-0.05, 0) is 74.1 Å². The SMILES string of the molecule is COc1ccc2c3ccc(-c4c5ccccc5c(-c5ccccc5)c5ccccc45)cc3n(-c3ccccc3)c2c1. The maximum atomic E-state index is 5.63. The van der Waals surface area contributed by atoms with Gasteiger partial charge in [0.2, 0.25) is 0 Å². The van der Waals surface area contributed by atoms with Crippen LogP contribution in [-0.2, 0) is 0 Å². The van der Waals surface area contributed by atoms with Crippen LogP contribution in [0.25, 0.3) is 71.3 Å². The Morgan fingerprint density at radius 1 is 0.415 bits per heavy atom. The average molecular weight is 526 g/mol. The fourth-order valence-corrected chi connectivity index (χ4v) is 6.49. The highest BCUT2D eigenvalue weighted by Gasteiger charge is 2.19. The molecule has 1 aromatic heterocycles. The lowest BCUT2D eigenvalue weighted by molar-refractivity contribution is 0.415. The number of para-hydroxylation sites is 1. The molecule has 2 nitrogen and oxygen atoms in total. The minimum Gasteiger partial charge on any atom is -0.497 e. The fraction of sp³-hybridized carbons (Fsp3) is 0.0256. The minimum atomic E-state index is 0.853. The van der Waals surface area contributed by atoms with Crippen molar-refractivity contribution in [3.05, 3.63) is 146 Å². The zero-order chi connectivity index (χ0) is 27.3. The molecule has 0 aliphatic heterocycles. The molecule has 0 N–H and O–H groups in total. The summed E-state index contributed by atoms with van der Waals surface area (Å²) in [5.74, 6) is 0.853. The number of hydrogen-bond acceptors (Lipinski definition) is 1. The number of fused-ring (bicyclic) bond motifs is 5. The Hall–Kier alpha value is -5.34. The lowest BCUT2D eigenvalue weighted by atomic mass is 9.86. The van der Waals surface area contributed by atoms with Gasteiger partial charge >= 0.3 is 0 Å². The third-order valence-corrected chi connectivity index (χ3v) is 8.27. The predicted octanol–water partition coefficient (Wildman–Crippen LogP) is 10.4. The largest absolute Gasteiger partial charge is 0.497 e. The molecule has 0 bridgehead atoms. The van der Waals surface area contributed by atoms with Gasteiger partial charge in [-0.2, -0.15) is 0 Å². The summed E-state index contributed by atoms with van der Waals surface area (Å²) < 4.78 is 7.99. The molecule has 0 aliphatic rings. The Morgan fingerprint density at radius 2 is 0.902 bits per heavy atom. The van der Waals surface area contributed by atoms with Gasteiger partial charge in [0.05, 0.1) is 18.1 Å². The van der Waals surface area contributed by atoms with E-state index in [0.717, 1.165) is 17.0 Å². The van der Waals surface area contributed by atoms with Crippen LogP contribution < -0.4 is 4.74 Å². The van der Waals surface area contributed by atoms with Gasteiger partial charge in [0.1, 0.15) is 5.75 Å². The highest BCUT2D eigenvalue weighted by atomic mass is 16.5. The molecule has 1 heterocycles. The Morgan fingerprint density at radius 3 is 1.49 bits per heavy atom. The van der Waals surface area contributed by atoms with Crippen LogP contribution >= 0.6 is 0 Å². The number of hydrogen-bond donors (Lipinski definition) is 0. The van der Waals surface area contributed by atoms with Crippen LogP contribution in [0.3, 0.4) is 0 Å². The summed E-state index contributed by atoms with van der Waals surface area (Å²) in [7, 11) is 1.73. The van der Waals surface area contributed by atoms with Crippen molar-refractivity contribution in [1.29, 1.82) is 0 Å². The number of methoxy groups -OCH3 is 1. The molecule has 2 heteroatoms. The highest BCUT2D eigenvalue weighted by molar-refractivity contribution is 6.22. The van der Waals surface area contributed by atoms with Crippen LogP contribution in [0.5, 0.6) is 5.75 Å². The van der Waals surface area contributed by atoms with Crippen molar-refractivity contribution in [1.82, 2.24) is 4.57 Å². The lowest BCUT2D eigenvalue weighted by Crippen LogP contribution is -1.94. The zero-order valence-electron chi connectivity index (χ0n) is 22.7. The van der Waals surface area contributed by atoms with E-state index in [1.165, 1.54) is 60.1 Å². The molecule has 7 aromatic carbocycles. The first-order chi connectivity index (χ1) is 20.3. The van der Waals surface area contributed by atoms with Gasteiger partial charge in [-0.3, -0.25) is 0 Å². The average Bonchev–Trinajstić information content (AvgIpc) is 3.37. The molecule has 0 saturated heterocycles. The normalized spacial score (nSPS) is 11.5. The van der Waals surface area contributed by atoms with E-state index < -0.39 is 0 Å². The molecule has 0 fully saturated rings. The summed E-state index contributed by atoms with van der Waals surface area (Å²) in [5, 5.41) is 7.48. The Kier molecular flexibility index (Phi) is 5.39. The van der Waals surface area contributed by atoms with Crippen molar-refractivity contribution in [2.24, 2.45) is 0 Å². The molecule has 0 aliphatic carbocycles. The topological polar surface area (TPSA) is 14.2 Å². The molecule has 0 atom stereocenters. The van der Waals surface area contributed by atoms with E-state index in [9.17, 15) is 0 Å². The van der Waals surface area contributed by atoms with Crippen molar-refractivity contribution < 1.29 is 4.74 Å². The second kappa shape index (κ2) is 9.39. The fourth-order valence-electron chi connectivity index (χ4n) is 6.49. The first kappa shape index (κ1) is 23.5. The molecular formula is C39H27NO. The minimum absolute atomic E-state index is 0.853. The second-order valence-electron chi connectivity index (χ2n) is 10.5. The number of aromatic nitrogens is 1. The van der Waals surface area contributed by atoms with Crippen molar-refractivity contribution in [2.75, 3.05) is 7.11 Å². The van der Waals surface area contributed by atoms with Crippen molar-refractivity contribution >= 4 is 43.4 Å². The summed E-state index contributed by atoms with van der Waals surface area (Å²) >= 11 is 0. The highest BCUT2D eigenvalue weighted by Crippen LogP contribution is 2.45. The standard InChI is InChI=1S/C39H27NO/c1-41-29-21-23-31-30-22-20-27(24-36(30)40(37(31)25-29)28-14-6-3-7-15-28)39-34-18-10-8-16-32(34)38(26-12-4-2-5-13-26)33-17-9-11-19-35(33)39/h2-25H,1H3. The van der Waals surface area contributed by atoms with E-state index in [1.807, 2.05) is 6.07 Å². The Labute approximate surface area is 238 Å². The molecule has 0 unspecified atom stereocenters. The van der Waals surface area contributed by atoms with Crippen LogP contribution in [0.4, 0.5) is 0 Å². The van der Waals surface area contributed by atoms with Gasteiger partial charge in [-0.1, -0.05) is 109 Å². The monoisotopic (exact) mass is 525 g/mol. The molecular weight excluding hydrogens is 498 g/mol. The van der Waals surface area contributed by atoms with E-state index in [1.54, 1.807) is 7.11 Å². The molecule has 41 heavy (non-hydrogen) atoms. The number of benzene rings is 7. The molecule has 0 spiro atoms. The smallest absolute Gasteiger partial charge is 0.120 e. The zero-order valence-corrected chi connectivity index (χ0v) is 22.7. The molecule has 0 saturated carbocycles. The van der Waals surface area contributed by atoms with Gasteiger partial charge in [-0.25, -0.2) is 0 Å². The van der Waals surface area contributed by atoms with E-state index in [2.05, 4.69) is 144 Å². The Balaban J connectivity index is 1.49. The summed E-state index contributed by atoms with van der Waals surface area (Å²) in [6, 6.07) is 52.3. The third kappa shape index (κ3) is 3.65. The lowest BCUT2D eigenvalue weighted by Gasteiger charge is -2.18. The number of ether oxygens (including phenoxy) is 1. The summed E-state index contributed by atoms with van der Waals surface area (Å²) in [4.78, 5) is 0. The molecule has 8 rings (SSSR count). The van der Waals surface area contributed by atoms with Gasteiger partial charge in [-0.15, -0.1) is 0 Å². The van der Waals surface area contributed by atoms with Crippen LogP contribution in [0.1, 0.15) is 0 Å². The van der Waals surface area contributed by atoms with Crippen molar-refractivity contribution in [2.45, 2.75) is 0 Å². The Bertz CT molecular complexity index is 2170. The summed E-state index contributed by atoms with van der Waals surface area (Å²) in [6.07, 6.45) is 0. The van der Waals surface area contributed by atoms with Crippen molar-refractivity contribution in [3.63, 3.8) is 0 Å². The number of nitrogens with zero attached hydrogens (tertiary/aromatic N) is 1. The first-order valence-corrected chi connectivity index (χ1v) is 14.0. The maximum absolute atomic E-state index is 5.63. The van der Waals surface area contributed by atoms with Gasteiger partial charge in [0.15, 0.2) is 0 Å². The van der Waals surface area contributed by atoms with E-state index in [-0.39, 0.29) is 0 Å². The van der Waals surface area contributed by atoms with E-state index >= 15 is 0 Å². The molecule has 0 amide bonds. The van der Waals surface area contributed by atoms with Crippen LogP contribution in [0, 0.1) is 0 Å². The van der Waals surface area contributed by atoms with Gasteiger partial charge in [0, 0.05) is 22.5 Å². The molecule has 194 valence electrons. The number of rotatable bonds is 4. The van der Waals surface area contributed by atoms with Crippen LogP contribution in [-0.4, -0.2) is 11.7 Å². The molecule has 0 radical (unpaired) electrons. The maximum Gasteiger partial charge on any atom is 0.120 e. The summed E-state index contributed by atoms with van der Waals surface area (Å²) in [6.45, 7) is 0. The quantitative estimate of drug-likeness (QED) is 0.208. The second-order valence-corrected chi connectivity index (χ2v) is 10.5. The molecule has 8 aromatic rings. The van der Waals surface area contributed by atoms with E-state index in [4.69, 9.17) is 4.74 Å². The third-order valence-electron chi connectivity index (χ3n) is 8.27. The van der Waals surface area contributed by atoms with E-state index in [0.29, 0.717) is 0 Å². The first-order valence-electron chi connectivity index (χ1n) is 14.0. The van der Waals surface area contributed by atoms with Crippen molar-refractivity contribution in [3.8, 4) is 33.7 Å². The van der Waals surface area contributed by atoms with Crippen LogP contribution in [0.2, 0.25) is 0 Å². The summed E-state index contributed by atoms with van der Waals surface area (Å²) in [5.41, 5.74) is 8.44.